The van der Waals surface area contributed by atoms with E-state index in [0.29, 0.717) is 0 Å². The van der Waals surface area contributed by atoms with Crippen LogP contribution in [0.2, 0.25) is 0 Å². The number of piperidine rings is 1. The van der Waals surface area contributed by atoms with Crippen molar-refractivity contribution in [1.29, 1.82) is 0 Å². The molecule has 128 valence electrons. The van der Waals surface area contributed by atoms with E-state index in [9.17, 15) is 4.79 Å². The number of carbonyl (C=O) groups is 1. The Morgan fingerprint density at radius 3 is 2.71 bits per heavy atom. The Morgan fingerprint density at radius 1 is 1.33 bits per heavy atom. The van der Waals surface area contributed by atoms with Crippen molar-refractivity contribution in [2.75, 3.05) is 18.0 Å². The van der Waals surface area contributed by atoms with Gasteiger partial charge in [0.1, 0.15) is 0 Å². The smallest absolute Gasteiger partial charge is 0.315 e. The topological polar surface area (TPSA) is 70.2 Å². The first-order valence-corrected chi connectivity index (χ1v) is 9.25. The van der Waals surface area contributed by atoms with Gasteiger partial charge in [0, 0.05) is 43.1 Å². The Balaban J connectivity index is 1.47. The standard InChI is InChI=1S/C17H23N5OS/c1-2-15(13-3-7-18-8-4-13)21-16(23)20-14-5-10-22(11-6-14)17-19-9-12-24-17/h3-4,7-9,12,14-15H,2,5-6,10-11H2,1H3,(H2,20,21,23)/t15-/m0/s1. The van der Waals surface area contributed by atoms with Gasteiger partial charge in [0.15, 0.2) is 5.13 Å². The zero-order valence-electron chi connectivity index (χ0n) is 13.8. The van der Waals surface area contributed by atoms with Gasteiger partial charge in [-0.2, -0.15) is 0 Å². The van der Waals surface area contributed by atoms with E-state index in [0.717, 1.165) is 43.0 Å². The Labute approximate surface area is 146 Å². The molecular formula is C17H23N5OS. The van der Waals surface area contributed by atoms with E-state index in [1.165, 1.54) is 0 Å². The lowest BCUT2D eigenvalue weighted by Crippen LogP contribution is -2.48. The van der Waals surface area contributed by atoms with Crippen LogP contribution in [0.15, 0.2) is 36.1 Å². The molecule has 3 rings (SSSR count). The summed E-state index contributed by atoms with van der Waals surface area (Å²) in [7, 11) is 0. The molecule has 0 bridgehead atoms. The maximum absolute atomic E-state index is 12.3. The van der Waals surface area contributed by atoms with E-state index < -0.39 is 0 Å². The maximum Gasteiger partial charge on any atom is 0.315 e. The SMILES string of the molecule is CC[C@H](NC(=O)NC1CCN(c2nccs2)CC1)c1ccncc1. The maximum atomic E-state index is 12.3. The third kappa shape index (κ3) is 4.23. The number of rotatable bonds is 5. The number of nitrogens with zero attached hydrogens (tertiary/aromatic N) is 3. The summed E-state index contributed by atoms with van der Waals surface area (Å²) in [6, 6.07) is 4.04. The Kier molecular flexibility index (Phi) is 5.63. The molecule has 1 aliphatic rings. The predicted molar refractivity (Wildman–Crippen MR) is 96.3 cm³/mol. The average Bonchev–Trinajstić information content (AvgIpc) is 3.16. The molecule has 2 N–H and O–H groups in total. The minimum Gasteiger partial charge on any atom is -0.348 e. The Hall–Kier alpha value is -2.15. The molecule has 1 fully saturated rings. The molecule has 0 radical (unpaired) electrons. The molecule has 0 aromatic carbocycles. The molecule has 1 saturated heterocycles. The van der Waals surface area contributed by atoms with Gasteiger partial charge in [-0.1, -0.05) is 6.92 Å². The molecule has 1 atom stereocenters. The highest BCUT2D eigenvalue weighted by atomic mass is 32.1. The fourth-order valence-electron chi connectivity index (χ4n) is 2.99. The first kappa shape index (κ1) is 16.7. The van der Waals surface area contributed by atoms with Crippen LogP contribution in [0.4, 0.5) is 9.93 Å². The molecule has 7 heteroatoms. The van der Waals surface area contributed by atoms with Crippen molar-refractivity contribution in [3.8, 4) is 0 Å². The highest BCUT2D eigenvalue weighted by Crippen LogP contribution is 2.22. The second kappa shape index (κ2) is 8.10. The van der Waals surface area contributed by atoms with Crippen molar-refractivity contribution in [2.24, 2.45) is 0 Å². The molecule has 1 aliphatic heterocycles. The first-order valence-electron chi connectivity index (χ1n) is 8.37. The quantitative estimate of drug-likeness (QED) is 0.874. The van der Waals surface area contributed by atoms with E-state index in [-0.39, 0.29) is 18.1 Å². The summed E-state index contributed by atoms with van der Waals surface area (Å²) < 4.78 is 0. The van der Waals surface area contributed by atoms with Crippen LogP contribution in [-0.4, -0.2) is 35.1 Å². The van der Waals surface area contributed by atoms with Crippen LogP contribution in [-0.2, 0) is 0 Å². The molecule has 24 heavy (non-hydrogen) atoms. The van der Waals surface area contributed by atoms with E-state index in [1.807, 2.05) is 23.7 Å². The fraction of sp³-hybridized carbons (Fsp3) is 0.471. The van der Waals surface area contributed by atoms with Crippen LogP contribution in [0.3, 0.4) is 0 Å². The number of anilines is 1. The molecular weight excluding hydrogens is 322 g/mol. The number of pyridine rings is 1. The number of hydrogen-bond acceptors (Lipinski definition) is 5. The molecule has 2 aromatic rings. The Bertz CT molecular complexity index is 626. The second-order valence-corrected chi connectivity index (χ2v) is 6.81. The minimum atomic E-state index is -0.0913. The number of carbonyl (C=O) groups excluding carboxylic acids is 1. The minimum absolute atomic E-state index is 0.0170. The highest BCUT2D eigenvalue weighted by Gasteiger charge is 2.22. The van der Waals surface area contributed by atoms with E-state index in [1.54, 1.807) is 23.7 Å². The monoisotopic (exact) mass is 345 g/mol. The van der Waals surface area contributed by atoms with Crippen molar-refractivity contribution in [1.82, 2.24) is 20.6 Å². The Morgan fingerprint density at radius 2 is 2.08 bits per heavy atom. The number of nitrogens with one attached hydrogen (secondary N) is 2. The van der Waals surface area contributed by atoms with Crippen LogP contribution in [0.5, 0.6) is 0 Å². The largest absolute Gasteiger partial charge is 0.348 e. The highest BCUT2D eigenvalue weighted by molar-refractivity contribution is 7.13. The van der Waals surface area contributed by atoms with Crippen LogP contribution in [0, 0.1) is 0 Å². The normalized spacial score (nSPS) is 16.6. The van der Waals surface area contributed by atoms with Crippen molar-refractivity contribution >= 4 is 22.5 Å². The molecule has 0 unspecified atom stereocenters. The number of thiazole rings is 1. The number of aromatic nitrogens is 2. The summed E-state index contributed by atoms with van der Waals surface area (Å²) in [5, 5.41) is 9.25. The summed E-state index contributed by atoms with van der Waals surface area (Å²) in [6.45, 7) is 3.93. The van der Waals surface area contributed by atoms with Gasteiger partial charge in [-0.15, -0.1) is 11.3 Å². The molecule has 0 saturated carbocycles. The van der Waals surface area contributed by atoms with Crippen molar-refractivity contribution in [2.45, 2.75) is 38.3 Å². The first-order chi connectivity index (χ1) is 11.8. The third-order valence-electron chi connectivity index (χ3n) is 4.34. The lowest BCUT2D eigenvalue weighted by atomic mass is 10.1. The molecule has 0 spiro atoms. The number of amides is 2. The lowest BCUT2D eigenvalue weighted by molar-refractivity contribution is 0.230. The average molecular weight is 345 g/mol. The van der Waals surface area contributed by atoms with Gasteiger partial charge < -0.3 is 15.5 Å². The molecule has 2 aromatic heterocycles. The van der Waals surface area contributed by atoms with Crippen LogP contribution in [0.1, 0.15) is 37.8 Å². The summed E-state index contributed by atoms with van der Waals surface area (Å²) in [6.07, 6.45) is 8.08. The molecule has 3 heterocycles. The van der Waals surface area contributed by atoms with Crippen molar-refractivity contribution in [3.05, 3.63) is 41.7 Å². The van der Waals surface area contributed by atoms with Crippen molar-refractivity contribution in [3.63, 3.8) is 0 Å². The zero-order chi connectivity index (χ0) is 16.8. The van der Waals surface area contributed by atoms with Crippen LogP contribution < -0.4 is 15.5 Å². The summed E-state index contributed by atoms with van der Waals surface area (Å²) in [5.74, 6) is 0. The summed E-state index contributed by atoms with van der Waals surface area (Å²) in [4.78, 5) is 23.0. The number of hydrogen-bond donors (Lipinski definition) is 2. The zero-order valence-corrected chi connectivity index (χ0v) is 14.6. The van der Waals surface area contributed by atoms with Gasteiger partial charge in [0.25, 0.3) is 0 Å². The van der Waals surface area contributed by atoms with Crippen LogP contribution in [0.25, 0.3) is 0 Å². The van der Waals surface area contributed by atoms with Gasteiger partial charge in [-0.3, -0.25) is 4.98 Å². The van der Waals surface area contributed by atoms with Gasteiger partial charge in [0.2, 0.25) is 0 Å². The molecule has 2 amide bonds. The van der Waals surface area contributed by atoms with E-state index in [2.05, 4.69) is 32.4 Å². The van der Waals surface area contributed by atoms with Crippen molar-refractivity contribution < 1.29 is 4.79 Å². The van der Waals surface area contributed by atoms with E-state index in [4.69, 9.17) is 0 Å². The van der Waals surface area contributed by atoms with E-state index >= 15 is 0 Å². The van der Waals surface area contributed by atoms with Gasteiger partial charge >= 0.3 is 6.03 Å². The summed E-state index contributed by atoms with van der Waals surface area (Å²) >= 11 is 1.66. The van der Waals surface area contributed by atoms with Gasteiger partial charge in [0.05, 0.1) is 6.04 Å². The predicted octanol–water partition coefficient (Wildman–Crippen LogP) is 2.96. The van der Waals surface area contributed by atoms with Crippen LogP contribution >= 0.6 is 11.3 Å². The number of urea groups is 1. The molecule has 0 aliphatic carbocycles. The fourth-order valence-corrected chi connectivity index (χ4v) is 3.69. The van der Waals surface area contributed by atoms with Gasteiger partial charge in [-0.25, -0.2) is 9.78 Å². The third-order valence-corrected chi connectivity index (χ3v) is 5.17. The second-order valence-electron chi connectivity index (χ2n) is 5.94. The van der Waals surface area contributed by atoms with Gasteiger partial charge in [-0.05, 0) is 37.0 Å². The lowest BCUT2D eigenvalue weighted by Gasteiger charge is -2.32. The molecule has 6 nitrogen and oxygen atoms in total. The summed E-state index contributed by atoms with van der Waals surface area (Å²) in [5.41, 5.74) is 1.08.